The van der Waals surface area contributed by atoms with Gasteiger partial charge in [0, 0.05) is 17.4 Å². The topological polar surface area (TPSA) is 18.5 Å². The van der Waals surface area contributed by atoms with Crippen molar-refractivity contribution in [3.63, 3.8) is 0 Å². The van der Waals surface area contributed by atoms with E-state index in [9.17, 15) is 0 Å². The number of hydrogen-bond acceptors (Lipinski definition) is 4. The fourth-order valence-electron chi connectivity index (χ4n) is 1.09. The van der Waals surface area contributed by atoms with Crippen molar-refractivity contribution in [1.82, 2.24) is 0 Å². The molecule has 0 spiro atoms. The maximum absolute atomic E-state index is 5.68. The van der Waals surface area contributed by atoms with E-state index in [4.69, 9.17) is 21.1 Å². The first-order valence-corrected chi connectivity index (χ1v) is 9.34. The summed E-state index contributed by atoms with van der Waals surface area (Å²) in [4.78, 5) is 0. The van der Waals surface area contributed by atoms with Gasteiger partial charge < -0.3 is 8.85 Å². The summed E-state index contributed by atoms with van der Waals surface area (Å²) in [5.41, 5.74) is 0. The molecular weight excluding hydrogens is 232 g/mol. The maximum atomic E-state index is 5.68. The largest absolute Gasteiger partial charge is 0.408 e. The van der Waals surface area contributed by atoms with Crippen LogP contribution in [0, 0.1) is 0 Å². The summed E-state index contributed by atoms with van der Waals surface area (Å²) < 4.78 is 12.4. The Morgan fingerprint density at radius 3 is 2.07 bits per heavy atom. The van der Waals surface area contributed by atoms with Crippen molar-refractivity contribution in [3.8, 4) is 0 Å². The number of rotatable bonds is 7. The second kappa shape index (κ2) is 7.82. The van der Waals surface area contributed by atoms with E-state index >= 15 is 0 Å². The van der Waals surface area contributed by atoms with Gasteiger partial charge in [-0.05, 0) is 26.8 Å². The molecule has 0 aromatic carbocycles. The highest BCUT2D eigenvalue weighted by molar-refractivity contribution is 8.42. The van der Waals surface area contributed by atoms with E-state index in [0.29, 0.717) is 13.2 Å². The minimum atomic E-state index is -2.07. The molecule has 0 radical (unpaired) electrons. The van der Waals surface area contributed by atoms with Crippen LogP contribution in [0.1, 0.15) is 33.6 Å². The lowest BCUT2D eigenvalue weighted by molar-refractivity contribution is 0.211. The lowest BCUT2D eigenvalue weighted by Gasteiger charge is -2.24. The van der Waals surface area contributed by atoms with E-state index in [0.717, 1.165) is 17.0 Å². The van der Waals surface area contributed by atoms with Crippen molar-refractivity contribution in [2.24, 2.45) is 0 Å². The van der Waals surface area contributed by atoms with Crippen molar-refractivity contribution < 1.29 is 8.85 Å². The molecule has 0 aliphatic carbocycles. The van der Waals surface area contributed by atoms with Gasteiger partial charge in [-0.1, -0.05) is 36.8 Å². The first-order valence-electron chi connectivity index (χ1n) is 5.07. The molecule has 0 saturated heterocycles. The average molecular weight is 252 g/mol. The first kappa shape index (κ1) is 14.6. The van der Waals surface area contributed by atoms with E-state index in [2.05, 4.69) is 13.5 Å². The van der Waals surface area contributed by atoms with E-state index in [1.807, 2.05) is 13.8 Å². The van der Waals surface area contributed by atoms with Crippen LogP contribution in [-0.4, -0.2) is 25.1 Å². The Morgan fingerprint density at radius 2 is 1.71 bits per heavy atom. The van der Waals surface area contributed by atoms with Crippen LogP contribution >= 0.6 is 23.4 Å². The lowest BCUT2D eigenvalue weighted by Crippen LogP contribution is -2.36. The fourth-order valence-corrected chi connectivity index (χ4v) is 7.23. The van der Waals surface area contributed by atoms with Crippen molar-refractivity contribution >= 4 is 35.3 Å². The van der Waals surface area contributed by atoms with Crippen LogP contribution in [0.3, 0.4) is 0 Å². The standard InChI is InChI=1S/C9H20O2S2Si/c1-5-8-9(12)13-14(4,10-6-2)11-7-3/h5-8H2,1-4H3. The van der Waals surface area contributed by atoms with Crippen LogP contribution in [-0.2, 0) is 8.85 Å². The third-order valence-corrected chi connectivity index (χ3v) is 7.45. The van der Waals surface area contributed by atoms with Crippen molar-refractivity contribution in [2.75, 3.05) is 13.2 Å². The summed E-state index contributed by atoms with van der Waals surface area (Å²) in [7, 11) is -2.07. The van der Waals surface area contributed by atoms with Crippen LogP contribution in [0.2, 0.25) is 6.55 Å². The van der Waals surface area contributed by atoms with Gasteiger partial charge in [0.25, 0.3) is 0 Å². The van der Waals surface area contributed by atoms with Gasteiger partial charge in [-0.3, -0.25) is 0 Å². The predicted molar refractivity (Wildman–Crippen MR) is 70.0 cm³/mol. The van der Waals surface area contributed by atoms with Gasteiger partial charge in [0.1, 0.15) is 0 Å². The summed E-state index contributed by atoms with van der Waals surface area (Å²) in [6.07, 6.45) is 2.07. The zero-order valence-corrected chi connectivity index (χ0v) is 12.1. The molecule has 0 N–H and O–H groups in total. The molecule has 0 unspecified atom stereocenters. The van der Waals surface area contributed by atoms with Gasteiger partial charge in [-0.15, -0.1) is 0 Å². The van der Waals surface area contributed by atoms with Crippen molar-refractivity contribution in [3.05, 3.63) is 0 Å². The van der Waals surface area contributed by atoms with Crippen LogP contribution in [0.5, 0.6) is 0 Å². The summed E-state index contributed by atoms with van der Waals surface area (Å²) >= 11 is 6.91. The molecule has 5 heteroatoms. The molecule has 0 aliphatic heterocycles. The van der Waals surface area contributed by atoms with E-state index in [1.54, 1.807) is 11.2 Å². The molecule has 84 valence electrons. The Hall–Kier alpha value is 0.577. The second-order valence-electron chi connectivity index (χ2n) is 2.95. The minimum absolute atomic E-state index is 0.699. The SMILES string of the molecule is CCCC(=S)S[Si](C)(OCC)OCC. The van der Waals surface area contributed by atoms with E-state index < -0.39 is 7.71 Å². The predicted octanol–water partition coefficient (Wildman–Crippen LogP) is 3.49. The molecule has 0 atom stereocenters. The highest BCUT2D eigenvalue weighted by atomic mass is 32.4. The first-order chi connectivity index (χ1) is 6.58. The number of hydrogen-bond donors (Lipinski definition) is 0. The van der Waals surface area contributed by atoms with Gasteiger partial charge in [0.2, 0.25) is 0 Å². The minimum Gasteiger partial charge on any atom is -0.387 e. The molecule has 0 aromatic heterocycles. The normalized spacial score (nSPS) is 11.7. The van der Waals surface area contributed by atoms with Gasteiger partial charge in [0.05, 0.1) is 0 Å². The molecule has 2 nitrogen and oxygen atoms in total. The van der Waals surface area contributed by atoms with Crippen LogP contribution in [0.25, 0.3) is 0 Å². The van der Waals surface area contributed by atoms with Gasteiger partial charge >= 0.3 is 7.71 Å². The summed E-state index contributed by atoms with van der Waals surface area (Å²) in [6.45, 7) is 9.58. The molecular formula is C9H20O2S2Si. The summed E-state index contributed by atoms with van der Waals surface area (Å²) in [5.74, 6) is 0. The number of thiocarbonyl (C=S) groups is 1. The molecule has 0 amide bonds. The lowest BCUT2D eigenvalue weighted by atomic mass is 10.4. The highest BCUT2D eigenvalue weighted by Crippen LogP contribution is 2.26. The Bertz CT molecular complexity index is 170. The third-order valence-electron chi connectivity index (χ3n) is 1.57. The molecule has 0 heterocycles. The Labute approximate surface area is 97.6 Å². The molecule has 0 saturated carbocycles. The molecule has 14 heavy (non-hydrogen) atoms. The van der Waals surface area contributed by atoms with E-state index in [1.165, 1.54) is 0 Å². The smallest absolute Gasteiger partial charge is 0.387 e. The van der Waals surface area contributed by atoms with Crippen LogP contribution < -0.4 is 0 Å². The maximum Gasteiger partial charge on any atom is 0.408 e. The monoisotopic (exact) mass is 252 g/mol. The third kappa shape index (κ3) is 6.13. The van der Waals surface area contributed by atoms with Gasteiger partial charge in [-0.2, -0.15) is 0 Å². The fraction of sp³-hybridized carbons (Fsp3) is 0.889. The molecule has 0 aliphatic rings. The second-order valence-corrected chi connectivity index (χ2v) is 9.54. The van der Waals surface area contributed by atoms with Gasteiger partial charge in [0.15, 0.2) is 0 Å². The Balaban J connectivity index is 4.12. The Kier molecular flexibility index (Phi) is 8.14. The van der Waals surface area contributed by atoms with Crippen molar-refractivity contribution in [2.45, 2.75) is 40.2 Å². The van der Waals surface area contributed by atoms with Crippen LogP contribution in [0.4, 0.5) is 0 Å². The molecule has 0 rings (SSSR count). The van der Waals surface area contributed by atoms with E-state index in [-0.39, 0.29) is 0 Å². The molecule has 0 bridgehead atoms. The summed E-state index contributed by atoms with van der Waals surface area (Å²) in [6, 6.07) is 0. The van der Waals surface area contributed by atoms with Gasteiger partial charge in [-0.25, -0.2) is 0 Å². The Morgan fingerprint density at radius 1 is 1.21 bits per heavy atom. The molecule has 0 aromatic rings. The quantitative estimate of drug-likeness (QED) is 0.510. The summed E-state index contributed by atoms with van der Waals surface area (Å²) in [5, 5.41) is 0. The van der Waals surface area contributed by atoms with Crippen LogP contribution in [0.15, 0.2) is 0 Å². The zero-order valence-electron chi connectivity index (χ0n) is 9.46. The zero-order chi connectivity index (χ0) is 11.0. The van der Waals surface area contributed by atoms with Crippen molar-refractivity contribution in [1.29, 1.82) is 0 Å². The average Bonchev–Trinajstić information content (AvgIpc) is 2.04. The molecule has 0 fully saturated rings. The highest BCUT2D eigenvalue weighted by Gasteiger charge is 2.33.